The number of aryl methyl sites for hydroxylation is 1. The molecule has 0 atom stereocenters. The standard InChI is InChI=1S/C26H27ClN4O3/c1-29-23-22(24(32)30(2)26(29)33)31(16-19-10-6-7-11-21(19)27)25(28-23)34-20-14-12-18(13-15-20)17-8-4-3-5-9-17/h6-7,10-15,17H,3-5,8-9,16H2,1-2H3. The maximum absolute atomic E-state index is 13.1. The fraction of sp³-hybridized carbons (Fsp3) is 0.346. The molecule has 0 amide bonds. The van der Waals surface area contributed by atoms with Gasteiger partial charge in [0.05, 0.1) is 6.54 Å². The Morgan fingerprint density at radius 2 is 1.68 bits per heavy atom. The number of aromatic nitrogens is 4. The molecule has 0 bridgehead atoms. The van der Waals surface area contributed by atoms with Gasteiger partial charge in [-0.05, 0) is 48.1 Å². The number of hydrogen-bond acceptors (Lipinski definition) is 4. The number of imidazole rings is 1. The molecule has 5 rings (SSSR count). The fourth-order valence-electron chi connectivity index (χ4n) is 4.80. The van der Waals surface area contributed by atoms with Crippen LogP contribution in [0, 0.1) is 0 Å². The number of rotatable bonds is 5. The second kappa shape index (κ2) is 9.14. The molecule has 2 aromatic heterocycles. The van der Waals surface area contributed by atoms with Crippen LogP contribution in [0.3, 0.4) is 0 Å². The highest BCUT2D eigenvalue weighted by Crippen LogP contribution is 2.34. The van der Waals surface area contributed by atoms with Crippen molar-refractivity contribution in [3.05, 3.63) is 85.5 Å². The summed E-state index contributed by atoms with van der Waals surface area (Å²) in [6.07, 6.45) is 6.34. The predicted octanol–water partition coefficient (Wildman–Crippen LogP) is 4.98. The quantitative estimate of drug-likeness (QED) is 0.406. The zero-order chi connectivity index (χ0) is 23.8. The normalized spacial score (nSPS) is 14.6. The summed E-state index contributed by atoms with van der Waals surface area (Å²) in [5, 5.41) is 0.578. The van der Waals surface area contributed by atoms with Crippen molar-refractivity contribution < 1.29 is 4.74 Å². The van der Waals surface area contributed by atoms with Crippen molar-refractivity contribution in [2.75, 3.05) is 0 Å². The van der Waals surface area contributed by atoms with Crippen LogP contribution in [-0.2, 0) is 20.6 Å². The van der Waals surface area contributed by atoms with Crippen LogP contribution in [0.1, 0.15) is 49.1 Å². The highest BCUT2D eigenvalue weighted by molar-refractivity contribution is 6.31. The van der Waals surface area contributed by atoms with Crippen molar-refractivity contribution in [1.82, 2.24) is 18.7 Å². The van der Waals surface area contributed by atoms with Gasteiger partial charge in [0.2, 0.25) is 0 Å². The van der Waals surface area contributed by atoms with E-state index in [1.54, 1.807) is 17.7 Å². The van der Waals surface area contributed by atoms with Gasteiger partial charge in [0, 0.05) is 19.1 Å². The molecule has 1 fully saturated rings. The summed E-state index contributed by atoms with van der Waals surface area (Å²) in [5.74, 6) is 1.22. The van der Waals surface area contributed by atoms with Gasteiger partial charge in [0.1, 0.15) is 5.75 Å². The minimum atomic E-state index is -0.441. The number of fused-ring (bicyclic) bond motifs is 1. The fourth-order valence-corrected chi connectivity index (χ4v) is 4.99. The summed E-state index contributed by atoms with van der Waals surface area (Å²) in [4.78, 5) is 30.1. The van der Waals surface area contributed by atoms with Gasteiger partial charge >= 0.3 is 11.7 Å². The van der Waals surface area contributed by atoms with E-state index in [0.29, 0.717) is 22.2 Å². The van der Waals surface area contributed by atoms with E-state index in [-0.39, 0.29) is 18.2 Å². The molecule has 176 valence electrons. The molecule has 34 heavy (non-hydrogen) atoms. The molecule has 0 N–H and O–H groups in total. The van der Waals surface area contributed by atoms with Crippen molar-refractivity contribution in [2.24, 2.45) is 14.1 Å². The van der Waals surface area contributed by atoms with Gasteiger partial charge in [-0.3, -0.25) is 18.5 Å². The first-order valence-corrected chi connectivity index (χ1v) is 12.0. The zero-order valence-corrected chi connectivity index (χ0v) is 20.1. The van der Waals surface area contributed by atoms with E-state index < -0.39 is 11.2 Å². The van der Waals surface area contributed by atoms with Crippen LogP contribution in [0.2, 0.25) is 5.02 Å². The molecular weight excluding hydrogens is 452 g/mol. The number of hydrogen-bond donors (Lipinski definition) is 0. The minimum absolute atomic E-state index is 0.235. The molecule has 0 saturated heterocycles. The van der Waals surface area contributed by atoms with Crippen LogP contribution in [0.5, 0.6) is 11.8 Å². The van der Waals surface area contributed by atoms with E-state index in [0.717, 1.165) is 10.1 Å². The molecule has 0 radical (unpaired) electrons. The summed E-state index contributed by atoms with van der Waals surface area (Å²) in [7, 11) is 3.06. The van der Waals surface area contributed by atoms with Crippen LogP contribution in [-0.4, -0.2) is 18.7 Å². The maximum atomic E-state index is 13.1. The van der Waals surface area contributed by atoms with Crippen LogP contribution in [0.15, 0.2) is 58.1 Å². The molecule has 4 aromatic rings. The number of nitrogens with zero attached hydrogens (tertiary/aromatic N) is 4. The third-order valence-electron chi connectivity index (χ3n) is 6.77. The molecule has 1 aliphatic carbocycles. The number of ether oxygens (including phenoxy) is 1. The van der Waals surface area contributed by atoms with E-state index in [4.69, 9.17) is 16.3 Å². The Bertz CT molecular complexity index is 1460. The molecule has 7 nitrogen and oxygen atoms in total. The zero-order valence-electron chi connectivity index (χ0n) is 19.3. The lowest BCUT2D eigenvalue weighted by Crippen LogP contribution is -2.37. The minimum Gasteiger partial charge on any atom is -0.425 e. The smallest absolute Gasteiger partial charge is 0.332 e. The maximum Gasteiger partial charge on any atom is 0.332 e. The Morgan fingerprint density at radius 1 is 0.971 bits per heavy atom. The van der Waals surface area contributed by atoms with Gasteiger partial charge in [0.25, 0.3) is 5.56 Å². The van der Waals surface area contributed by atoms with Crippen molar-refractivity contribution >= 4 is 22.8 Å². The molecule has 0 unspecified atom stereocenters. The Hall–Kier alpha value is -3.32. The van der Waals surface area contributed by atoms with E-state index in [1.807, 2.05) is 30.3 Å². The van der Waals surface area contributed by atoms with Gasteiger partial charge in [-0.15, -0.1) is 0 Å². The number of benzene rings is 2. The topological polar surface area (TPSA) is 71.1 Å². The monoisotopic (exact) mass is 478 g/mol. The third-order valence-corrected chi connectivity index (χ3v) is 7.13. The molecule has 2 heterocycles. The summed E-state index contributed by atoms with van der Waals surface area (Å²) in [5.41, 5.74) is 1.83. The Kier molecular flexibility index (Phi) is 6.04. The first kappa shape index (κ1) is 22.5. The lowest BCUT2D eigenvalue weighted by Gasteiger charge is -2.22. The van der Waals surface area contributed by atoms with E-state index in [9.17, 15) is 9.59 Å². The SMILES string of the molecule is Cn1c(=O)c2c(nc(Oc3ccc(C4CCCCC4)cc3)n2Cc2ccccc2Cl)n(C)c1=O. The van der Waals surface area contributed by atoms with Gasteiger partial charge in [-0.1, -0.05) is 61.2 Å². The Balaban J connectivity index is 1.58. The van der Waals surface area contributed by atoms with Crippen LogP contribution < -0.4 is 16.0 Å². The molecule has 8 heteroatoms. The van der Waals surface area contributed by atoms with Gasteiger partial charge in [0.15, 0.2) is 11.2 Å². The molecule has 0 spiro atoms. The molecule has 0 aliphatic heterocycles. The molecule has 1 saturated carbocycles. The van der Waals surface area contributed by atoms with Crippen molar-refractivity contribution in [1.29, 1.82) is 0 Å². The van der Waals surface area contributed by atoms with Crippen molar-refractivity contribution in [3.8, 4) is 11.8 Å². The first-order valence-electron chi connectivity index (χ1n) is 11.6. The average molecular weight is 479 g/mol. The average Bonchev–Trinajstić information content (AvgIpc) is 3.21. The number of halogens is 1. The first-order chi connectivity index (χ1) is 16.4. The highest BCUT2D eigenvalue weighted by atomic mass is 35.5. The lowest BCUT2D eigenvalue weighted by atomic mass is 9.84. The van der Waals surface area contributed by atoms with Gasteiger partial charge in [-0.2, -0.15) is 4.98 Å². The summed E-state index contributed by atoms with van der Waals surface area (Å²) in [6, 6.07) is 15.8. The Labute approximate surface area is 202 Å². The predicted molar refractivity (Wildman–Crippen MR) is 133 cm³/mol. The summed E-state index contributed by atoms with van der Waals surface area (Å²) in [6.45, 7) is 0.277. The summed E-state index contributed by atoms with van der Waals surface area (Å²) < 4.78 is 10.3. The van der Waals surface area contributed by atoms with Gasteiger partial charge in [-0.25, -0.2) is 4.79 Å². The molecule has 2 aromatic carbocycles. The van der Waals surface area contributed by atoms with E-state index in [2.05, 4.69) is 17.1 Å². The Morgan fingerprint density at radius 3 is 2.38 bits per heavy atom. The van der Waals surface area contributed by atoms with Gasteiger partial charge < -0.3 is 4.74 Å². The third kappa shape index (κ3) is 4.05. The largest absolute Gasteiger partial charge is 0.425 e. The van der Waals surface area contributed by atoms with E-state index in [1.165, 1.54) is 49.3 Å². The lowest BCUT2D eigenvalue weighted by molar-refractivity contribution is 0.419. The van der Waals surface area contributed by atoms with Crippen LogP contribution in [0.25, 0.3) is 11.2 Å². The van der Waals surface area contributed by atoms with Crippen molar-refractivity contribution in [3.63, 3.8) is 0 Å². The second-order valence-electron chi connectivity index (χ2n) is 8.96. The van der Waals surface area contributed by atoms with Crippen molar-refractivity contribution in [2.45, 2.75) is 44.6 Å². The van der Waals surface area contributed by atoms with Crippen LogP contribution >= 0.6 is 11.6 Å². The molecule has 1 aliphatic rings. The van der Waals surface area contributed by atoms with E-state index >= 15 is 0 Å². The van der Waals surface area contributed by atoms with Crippen LogP contribution in [0.4, 0.5) is 0 Å². The molecular formula is C26H27ClN4O3. The summed E-state index contributed by atoms with van der Waals surface area (Å²) >= 11 is 6.41. The second-order valence-corrected chi connectivity index (χ2v) is 9.36. The highest BCUT2D eigenvalue weighted by Gasteiger charge is 2.22.